The molecule has 0 aromatic carbocycles. The lowest BCUT2D eigenvalue weighted by molar-refractivity contribution is -0.150. The number of carbonyl (C=O) groups excluding carboxylic acids is 1. The third-order valence-electron chi connectivity index (χ3n) is 3.80. The third-order valence-corrected chi connectivity index (χ3v) is 3.80. The molecule has 19 heavy (non-hydrogen) atoms. The molecular formula is C14H25NO4. The van der Waals surface area contributed by atoms with Gasteiger partial charge in [0.25, 0.3) is 0 Å². The molecule has 1 saturated carbocycles. The fraction of sp³-hybridized carbons (Fsp3) is 0.857. The molecule has 0 bridgehead atoms. The number of nitrogens with zero attached hydrogens (tertiary/aromatic N) is 1. The molecule has 0 heterocycles. The van der Waals surface area contributed by atoms with Gasteiger partial charge in [-0.1, -0.05) is 0 Å². The number of aliphatic carboxylic acids is 1. The summed E-state index contributed by atoms with van der Waals surface area (Å²) in [6, 6.07) is 0.0716. The van der Waals surface area contributed by atoms with Gasteiger partial charge in [0, 0.05) is 13.1 Å². The molecule has 1 aliphatic carbocycles. The lowest BCUT2D eigenvalue weighted by Crippen LogP contribution is -2.45. The van der Waals surface area contributed by atoms with Gasteiger partial charge in [0.1, 0.15) is 5.60 Å². The molecule has 0 aromatic rings. The lowest BCUT2D eigenvalue weighted by atomic mass is 9.74. The van der Waals surface area contributed by atoms with E-state index < -0.39 is 17.0 Å². The first-order valence-electron chi connectivity index (χ1n) is 6.74. The van der Waals surface area contributed by atoms with Crippen LogP contribution in [0.3, 0.4) is 0 Å². The van der Waals surface area contributed by atoms with Crippen LogP contribution in [0.2, 0.25) is 0 Å². The quantitative estimate of drug-likeness (QED) is 0.838. The Morgan fingerprint density at radius 3 is 2.11 bits per heavy atom. The van der Waals surface area contributed by atoms with E-state index in [1.54, 1.807) is 18.9 Å². The van der Waals surface area contributed by atoms with Gasteiger partial charge in [-0.15, -0.1) is 0 Å². The molecule has 0 aliphatic heterocycles. The molecule has 0 spiro atoms. The smallest absolute Gasteiger partial charge is 0.410 e. The molecule has 1 fully saturated rings. The number of carboxylic acid groups (broad SMARTS) is 1. The Morgan fingerprint density at radius 2 is 1.74 bits per heavy atom. The van der Waals surface area contributed by atoms with Gasteiger partial charge in [0.15, 0.2) is 0 Å². The van der Waals surface area contributed by atoms with E-state index >= 15 is 0 Å². The fourth-order valence-corrected chi connectivity index (χ4v) is 2.32. The van der Waals surface area contributed by atoms with Gasteiger partial charge in [-0.2, -0.15) is 0 Å². The maximum absolute atomic E-state index is 11.9. The van der Waals surface area contributed by atoms with Gasteiger partial charge < -0.3 is 14.7 Å². The van der Waals surface area contributed by atoms with Gasteiger partial charge in [-0.05, 0) is 53.4 Å². The summed E-state index contributed by atoms with van der Waals surface area (Å²) in [6.07, 6.45) is 2.27. The van der Waals surface area contributed by atoms with Crippen LogP contribution in [0.1, 0.15) is 53.4 Å². The number of rotatable bonds is 2. The van der Waals surface area contributed by atoms with Crippen molar-refractivity contribution in [2.75, 3.05) is 7.05 Å². The molecule has 5 heteroatoms. The summed E-state index contributed by atoms with van der Waals surface area (Å²) < 4.78 is 5.32. The maximum Gasteiger partial charge on any atom is 0.410 e. The summed E-state index contributed by atoms with van der Waals surface area (Å²) in [7, 11) is 1.72. The minimum atomic E-state index is -0.745. The Balaban J connectivity index is 2.56. The van der Waals surface area contributed by atoms with Crippen molar-refractivity contribution in [1.29, 1.82) is 0 Å². The number of amides is 1. The Hall–Kier alpha value is -1.26. The number of carboxylic acids is 1. The molecule has 1 rings (SSSR count). The average Bonchev–Trinajstić information content (AvgIpc) is 2.26. The zero-order chi connectivity index (χ0) is 14.8. The first-order valence-corrected chi connectivity index (χ1v) is 6.74. The summed E-state index contributed by atoms with van der Waals surface area (Å²) in [5, 5.41) is 9.18. The van der Waals surface area contributed by atoms with Crippen molar-refractivity contribution in [2.24, 2.45) is 5.41 Å². The number of hydrogen-bond donors (Lipinski definition) is 1. The Morgan fingerprint density at radius 1 is 1.26 bits per heavy atom. The lowest BCUT2D eigenvalue weighted by Gasteiger charge is -2.38. The first-order chi connectivity index (χ1) is 8.55. The van der Waals surface area contributed by atoms with Gasteiger partial charge in [-0.25, -0.2) is 4.79 Å². The van der Waals surface area contributed by atoms with Crippen LogP contribution in [0.5, 0.6) is 0 Å². The Bertz CT molecular complexity index is 351. The van der Waals surface area contributed by atoms with Crippen LogP contribution in [0.15, 0.2) is 0 Å². The minimum absolute atomic E-state index is 0.0716. The highest BCUT2D eigenvalue weighted by Crippen LogP contribution is 2.37. The highest BCUT2D eigenvalue weighted by Gasteiger charge is 2.39. The molecule has 1 N–H and O–H groups in total. The Labute approximate surface area is 114 Å². The van der Waals surface area contributed by atoms with Gasteiger partial charge in [0.05, 0.1) is 5.41 Å². The van der Waals surface area contributed by atoms with E-state index in [-0.39, 0.29) is 12.1 Å². The van der Waals surface area contributed by atoms with E-state index in [1.165, 1.54) is 0 Å². The van der Waals surface area contributed by atoms with Gasteiger partial charge >= 0.3 is 12.1 Å². The molecule has 1 amide bonds. The molecule has 0 saturated heterocycles. The van der Waals surface area contributed by atoms with E-state index in [1.807, 2.05) is 20.8 Å². The summed E-state index contributed by atoms with van der Waals surface area (Å²) >= 11 is 0. The van der Waals surface area contributed by atoms with E-state index in [0.717, 1.165) is 0 Å². The third kappa shape index (κ3) is 4.11. The second-order valence-corrected chi connectivity index (χ2v) is 6.69. The summed E-state index contributed by atoms with van der Waals surface area (Å²) in [5.74, 6) is -0.745. The SMILES string of the molecule is CN(C(=O)OC(C)(C)C)C1CCC(C)(C(=O)O)CC1. The van der Waals surface area contributed by atoms with Crippen molar-refractivity contribution in [3.63, 3.8) is 0 Å². The van der Waals surface area contributed by atoms with Crippen LogP contribution in [0, 0.1) is 5.41 Å². The minimum Gasteiger partial charge on any atom is -0.481 e. The molecule has 0 unspecified atom stereocenters. The van der Waals surface area contributed by atoms with Crippen molar-refractivity contribution >= 4 is 12.1 Å². The fourth-order valence-electron chi connectivity index (χ4n) is 2.32. The highest BCUT2D eigenvalue weighted by atomic mass is 16.6. The van der Waals surface area contributed by atoms with E-state index in [2.05, 4.69) is 0 Å². The monoisotopic (exact) mass is 271 g/mol. The number of carbonyl (C=O) groups is 2. The van der Waals surface area contributed by atoms with Gasteiger partial charge in [-0.3, -0.25) is 4.79 Å². The van der Waals surface area contributed by atoms with Crippen LogP contribution >= 0.6 is 0 Å². The van der Waals surface area contributed by atoms with Crippen LogP contribution < -0.4 is 0 Å². The number of hydrogen-bond acceptors (Lipinski definition) is 3. The zero-order valence-corrected chi connectivity index (χ0v) is 12.5. The highest BCUT2D eigenvalue weighted by molar-refractivity contribution is 5.74. The van der Waals surface area contributed by atoms with E-state index in [0.29, 0.717) is 25.7 Å². The molecular weight excluding hydrogens is 246 g/mol. The molecule has 1 aliphatic rings. The standard InChI is InChI=1S/C14H25NO4/c1-13(2,3)19-12(18)15(5)10-6-8-14(4,9-7-10)11(16)17/h10H,6-9H2,1-5H3,(H,16,17). The van der Waals surface area contributed by atoms with Crippen molar-refractivity contribution in [1.82, 2.24) is 4.90 Å². The van der Waals surface area contributed by atoms with Gasteiger partial charge in [0.2, 0.25) is 0 Å². The summed E-state index contributed by atoms with van der Waals surface area (Å²) in [6.45, 7) is 7.28. The van der Waals surface area contributed by atoms with Crippen molar-refractivity contribution in [3.8, 4) is 0 Å². The predicted molar refractivity (Wildman–Crippen MR) is 72.0 cm³/mol. The van der Waals surface area contributed by atoms with E-state index in [4.69, 9.17) is 4.74 Å². The van der Waals surface area contributed by atoms with Crippen molar-refractivity contribution in [3.05, 3.63) is 0 Å². The number of ether oxygens (including phenoxy) is 1. The van der Waals surface area contributed by atoms with Crippen LogP contribution in [-0.4, -0.2) is 40.8 Å². The normalized spacial score (nSPS) is 27.7. The first kappa shape index (κ1) is 15.8. The second-order valence-electron chi connectivity index (χ2n) is 6.69. The molecule has 110 valence electrons. The summed E-state index contributed by atoms with van der Waals surface area (Å²) in [5.41, 5.74) is -1.15. The molecule has 5 nitrogen and oxygen atoms in total. The summed E-state index contributed by atoms with van der Waals surface area (Å²) in [4.78, 5) is 24.7. The average molecular weight is 271 g/mol. The second kappa shape index (κ2) is 5.39. The maximum atomic E-state index is 11.9. The molecule has 0 atom stereocenters. The van der Waals surface area contributed by atoms with Crippen molar-refractivity contribution in [2.45, 2.75) is 65.0 Å². The topological polar surface area (TPSA) is 66.8 Å². The van der Waals surface area contributed by atoms with Crippen LogP contribution in [-0.2, 0) is 9.53 Å². The largest absolute Gasteiger partial charge is 0.481 e. The van der Waals surface area contributed by atoms with Crippen LogP contribution in [0.4, 0.5) is 4.79 Å². The van der Waals surface area contributed by atoms with Crippen molar-refractivity contribution < 1.29 is 19.4 Å². The Kier molecular flexibility index (Phi) is 4.48. The zero-order valence-electron chi connectivity index (χ0n) is 12.5. The van der Waals surface area contributed by atoms with E-state index in [9.17, 15) is 14.7 Å². The molecule has 0 radical (unpaired) electrons. The predicted octanol–water partition coefficient (Wildman–Crippen LogP) is 2.89. The van der Waals surface area contributed by atoms with Crippen LogP contribution in [0.25, 0.3) is 0 Å². The molecule has 0 aromatic heterocycles.